The van der Waals surface area contributed by atoms with E-state index in [9.17, 15) is 4.39 Å². The van der Waals surface area contributed by atoms with Crippen LogP contribution in [0.3, 0.4) is 0 Å². The van der Waals surface area contributed by atoms with Crippen LogP contribution in [0.25, 0.3) is 0 Å². The molecule has 0 saturated carbocycles. The lowest BCUT2D eigenvalue weighted by atomic mass is 10.1. The van der Waals surface area contributed by atoms with Crippen molar-refractivity contribution in [3.63, 3.8) is 0 Å². The number of thioether (sulfide) groups is 1. The van der Waals surface area contributed by atoms with Crippen molar-refractivity contribution in [3.8, 4) is 0 Å². The van der Waals surface area contributed by atoms with E-state index in [4.69, 9.17) is 17.3 Å². The molecule has 0 amide bonds. The van der Waals surface area contributed by atoms with E-state index >= 15 is 0 Å². The summed E-state index contributed by atoms with van der Waals surface area (Å²) in [5.41, 5.74) is 6.85. The first-order valence-electron chi connectivity index (χ1n) is 6.13. The Hall–Kier alpha value is -0.550. The minimum atomic E-state index is -0.392. The van der Waals surface area contributed by atoms with Gasteiger partial charge in [-0.05, 0) is 42.3 Å². The van der Waals surface area contributed by atoms with E-state index in [1.54, 1.807) is 17.8 Å². The highest BCUT2D eigenvalue weighted by atomic mass is 79.9. The maximum absolute atomic E-state index is 13.3. The Morgan fingerprint density at radius 1 is 1.20 bits per heavy atom. The highest BCUT2D eigenvalue weighted by Gasteiger charge is 2.10. The highest BCUT2D eigenvalue weighted by molar-refractivity contribution is 9.10. The van der Waals surface area contributed by atoms with Crippen molar-refractivity contribution in [1.29, 1.82) is 0 Å². The minimum absolute atomic E-state index is 0.0667. The molecule has 0 saturated heterocycles. The SMILES string of the molecule is NC(CSc1ccc(Br)cc1)Cc1cccc(F)c1Cl. The van der Waals surface area contributed by atoms with Gasteiger partial charge in [0, 0.05) is 21.2 Å². The fourth-order valence-electron chi connectivity index (χ4n) is 1.78. The molecular weight excluding hydrogens is 361 g/mol. The Kier molecular flexibility index (Phi) is 5.90. The Balaban J connectivity index is 1.91. The van der Waals surface area contributed by atoms with Gasteiger partial charge in [0.2, 0.25) is 0 Å². The van der Waals surface area contributed by atoms with Crippen LogP contribution >= 0.6 is 39.3 Å². The summed E-state index contributed by atoms with van der Waals surface area (Å²) >= 11 is 11.0. The third-order valence-corrected chi connectivity index (χ3v) is 4.94. The van der Waals surface area contributed by atoms with Crippen molar-refractivity contribution in [2.45, 2.75) is 17.4 Å². The molecule has 2 aromatic carbocycles. The first kappa shape index (κ1) is 15.8. The molecule has 106 valence electrons. The standard InChI is InChI=1S/C15H14BrClFNS/c16-11-4-6-13(7-5-11)20-9-12(19)8-10-2-1-3-14(18)15(10)17/h1-7,12H,8-9,19H2. The molecule has 0 bridgehead atoms. The first-order valence-corrected chi connectivity index (χ1v) is 8.29. The summed E-state index contributed by atoms with van der Waals surface area (Å²) in [6.45, 7) is 0. The third-order valence-electron chi connectivity index (χ3n) is 2.79. The molecule has 0 spiro atoms. The molecule has 0 aliphatic rings. The molecule has 2 aromatic rings. The van der Waals surface area contributed by atoms with Gasteiger partial charge in [0.1, 0.15) is 5.82 Å². The number of rotatable bonds is 5. The summed E-state index contributed by atoms with van der Waals surface area (Å²) in [4.78, 5) is 1.16. The zero-order chi connectivity index (χ0) is 14.5. The molecule has 0 aromatic heterocycles. The molecular formula is C15H14BrClFNS. The van der Waals surface area contributed by atoms with Crippen LogP contribution in [0.15, 0.2) is 51.8 Å². The van der Waals surface area contributed by atoms with Crippen molar-refractivity contribution in [3.05, 3.63) is 63.3 Å². The van der Waals surface area contributed by atoms with Crippen LogP contribution in [0.2, 0.25) is 5.02 Å². The molecule has 1 unspecified atom stereocenters. The molecule has 2 N–H and O–H groups in total. The van der Waals surface area contributed by atoms with Crippen molar-refractivity contribution >= 4 is 39.3 Å². The predicted molar refractivity (Wildman–Crippen MR) is 88.0 cm³/mol. The van der Waals surface area contributed by atoms with E-state index in [2.05, 4.69) is 15.9 Å². The van der Waals surface area contributed by atoms with Crippen LogP contribution in [0.5, 0.6) is 0 Å². The number of hydrogen-bond donors (Lipinski definition) is 1. The molecule has 1 atom stereocenters. The van der Waals surface area contributed by atoms with Crippen molar-refractivity contribution < 1.29 is 4.39 Å². The molecule has 2 rings (SSSR count). The maximum Gasteiger partial charge on any atom is 0.142 e. The maximum atomic E-state index is 13.3. The topological polar surface area (TPSA) is 26.0 Å². The van der Waals surface area contributed by atoms with Crippen LogP contribution in [0.4, 0.5) is 4.39 Å². The number of halogens is 3. The normalized spacial score (nSPS) is 12.4. The Morgan fingerprint density at radius 3 is 2.60 bits per heavy atom. The second kappa shape index (κ2) is 7.46. The van der Waals surface area contributed by atoms with Gasteiger partial charge in [0.15, 0.2) is 0 Å². The Morgan fingerprint density at radius 2 is 1.90 bits per heavy atom. The monoisotopic (exact) mass is 373 g/mol. The third kappa shape index (κ3) is 4.48. The molecule has 0 aliphatic heterocycles. The summed E-state index contributed by atoms with van der Waals surface area (Å²) in [5.74, 6) is 0.367. The zero-order valence-corrected chi connectivity index (χ0v) is 13.8. The van der Waals surface area contributed by atoms with E-state index in [0.29, 0.717) is 6.42 Å². The lowest BCUT2D eigenvalue weighted by molar-refractivity contribution is 0.623. The lowest BCUT2D eigenvalue weighted by Crippen LogP contribution is -2.25. The number of nitrogens with two attached hydrogens (primary N) is 1. The average molecular weight is 375 g/mol. The lowest BCUT2D eigenvalue weighted by Gasteiger charge is -2.12. The van der Waals surface area contributed by atoms with Gasteiger partial charge in [-0.2, -0.15) is 0 Å². The van der Waals surface area contributed by atoms with Crippen molar-refractivity contribution in [2.24, 2.45) is 5.73 Å². The second-order valence-corrected chi connectivity index (χ2v) is 6.83. The molecule has 20 heavy (non-hydrogen) atoms. The van der Waals surface area contributed by atoms with Gasteiger partial charge in [0.25, 0.3) is 0 Å². The van der Waals surface area contributed by atoms with Gasteiger partial charge in [-0.3, -0.25) is 0 Å². The summed E-state index contributed by atoms with van der Waals surface area (Å²) < 4.78 is 14.4. The zero-order valence-electron chi connectivity index (χ0n) is 10.7. The Bertz CT molecular complexity index is 577. The van der Waals surface area contributed by atoms with Gasteiger partial charge in [0.05, 0.1) is 5.02 Å². The van der Waals surface area contributed by atoms with Crippen molar-refractivity contribution in [2.75, 3.05) is 5.75 Å². The van der Waals surface area contributed by atoms with E-state index in [0.717, 1.165) is 20.7 Å². The van der Waals surface area contributed by atoms with Gasteiger partial charge in [-0.15, -0.1) is 11.8 Å². The molecule has 5 heteroatoms. The molecule has 0 radical (unpaired) electrons. The number of benzene rings is 2. The summed E-state index contributed by atoms with van der Waals surface area (Å²) in [6.07, 6.45) is 0.570. The quantitative estimate of drug-likeness (QED) is 0.753. The average Bonchev–Trinajstić information content (AvgIpc) is 2.43. The highest BCUT2D eigenvalue weighted by Crippen LogP contribution is 2.24. The van der Waals surface area contributed by atoms with Gasteiger partial charge in [-0.1, -0.05) is 39.7 Å². The largest absolute Gasteiger partial charge is 0.327 e. The summed E-state index contributed by atoms with van der Waals surface area (Å²) in [5, 5.41) is 0.177. The van der Waals surface area contributed by atoms with Gasteiger partial charge in [-0.25, -0.2) is 4.39 Å². The first-order chi connectivity index (χ1) is 9.56. The molecule has 1 nitrogen and oxygen atoms in total. The van der Waals surface area contributed by atoms with E-state index < -0.39 is 5.82 Å². The minimum Gasteiger partial charge on any atom is -0.327 e. The fourth-order valence-corrected chi connectivity index (χ4v) is 3.10. The van der Waals surface area contributed by atoms with Crippen molar-refractivity contribution in [1.82, 2.24) is 0 Å². The van der Waals surface area contributed by atoms with E-state index in [1.165, 1.54) is 6.07 Å². The summed E-state index contributed by atoms with van der Waals surface area (Å²) in [7, 11) is 0. The van der Waals surface area contributed by atoms with Gasteiger partial charge >= 0.3 is 0 Å². The van der Waals surface area contributed by atoms with Crippen LogP contribution in [-0.2, 0) is 6.42 Å². The molecule has 0 aliphatic carbocycles. The van der Waals surface area contributed by atoms with Crippen LogP contribution in [-0.4, -0.2) is 11.8 Å². The van der Waals surface area contributed by atoms with Crippen LogP contribution < -0.4 is 5.73 Å². The fraction of sp³-hybridized carbons (Fsp3) is 0.200. The Labute approximate surface area is 135 Å². The summed E-state index contributed by atoms with van der Waals surface area (Å²) in [6, 6.07) is 12.8. The predicted octanol–water partition coefficient (Wildman–Crippen LogP) is 4.90. The van der Waals surface area contributed by atoms with E-state index in [1.807, 2.05) is 30.3 Å². The smallest absolute Gasteiger partial charge is 0.142 e. The molecule has 0 heterocycles. The van der Waals surface area contributed by atoms with Crippen LogP contribution in [0, 0.1) is 5.82 Å². The number of hydrogen-bond acceptors (Lipinski definition) is 2. The van der Waals surface area contributed by atoms with Crippen LogP contribution in [0.1, 0.15) is 5.56 Å². The van der Waals surface area contributed by atoms with Gasteiger partial charge < -0.3 is 5.73 Å². The molecule has 0 fully saturated rings. The van der Waals surface area contributed by atoms with E-state index in [-0.39, 0.29) is 11.1 Å². The second-order valence-electron chi connectivity index (χ2n) is 4.44.